The number of halogens is 1. The molecule has 4 N–H and O–H groups in total. The number of hydrogen-bond donors (Lipinski definition) is 3. The van der Waals surface area contributed by atoms with Crippen molar-refractivity contribution in [2.24, 2.45) is 5.73 Å². The van der Waals surface area contributed by atoms with Crippen molar-refractivity contribution in [3.8, 4) is 0 Å². The highest BCUT2D eigenvalue weighted by atomic mass is 35.5. The molecule has 136 valence electrons. The third-order valence-electron chi connectivity index (χ3n) is 4.31. The number of sulfonamides is 1. The summed E-state index contributed by atoms with van der Waals surface area (Å²) in [5, 5.41) is 2.79. The Labute approximate surface area is 150 Å². The number of carbonyl (C=O) groups excluding carboxylic acids is 1. The summed E-state index contributed by atoms with van der Waals surface area (Å²) in [5.74, 6) is -0.315. The molecule has 0 aromatic heterocycles. The molecule has 0 bridgehead atoms. The van der Waals surface area contributed by atoms with E-state index in [2.05, 4.69) is 10.0 Å². The third-order valence-corrected chi connectivity index (χ3v) is 5.83. The van der Waals surface area contributed by atoms with Crippen molar-refractivity contribution in [3.05, 3.63) is 29.8 Å². The first-order chi connectivity index (χ1) is 10.8. The summed E-state index contributed by atoms with van der Waals surface area (Å²) in [4.78, 5) is 12.4. The predicted molar refractivity (Wildman–Crippen MR) is 96.9 cm³/mol. The fraction of sp³-hybridized carbons (Fsp3) is 0.562. The molecule has 0 radical (unpaired) electrons. The first-order valence-corrected chi connectivity index (χ1v) is 9.47. The van der Waals surface area contributed by atoms with Gasteiger partial charge in [0.2, 0.25) is 10.0 Å². The first kappa shape index (κ1) is 20.9. The molecule has 0 heterocycles. The second-order valence-electron chi connectivity index (χ2n) is 6.18. The standard InChI is InChI=1S/C16H25N3O3S.ClH/c1-3-16(17,4-2)11-18-15(20)12-6-5-7-14(10-12)23(21,22)19-13-8-9-13;/h5-7,10,13,19H,3-4,8-9,11,17H2,1-2H3,(H,18,20);1H. The van der Waals surface area contributed by atoms with Crippen LogP contribution in [0.2, 0.25) is 0 Å². The maximum Gasteiger partial charge on any atom is 0.251 e. The Kier molecular flexibility index (Phi) is 7.22. The van der Waals surface area contributed by atoms with Crippen LogP contribution < -0.4 is 15.8 Å². The van der Waals surface area contributed by atoms with E-state index >= 15 is 0 Å². The van der Waals surface area contributed by atoms with Crippen LogP contribution in [0, 0.1) is 0 Å². The largest absolute Gasteiger partial charge is 0.350 e. The van der Waals surface area contributed by atoms with Crippen molar-refractivity contribution in [2.75, 3.05) is 6.54 Å². The SMILES string of the molecule is CCC(N)(CC)CNC(=O)c1cccc(S(=O)(=O)NC2CC2)c1.Cl. The van der Waals surface area contributed by atoms with Gasteiger partial charge in [-0.1, -0.05) is 19.9 Å². The lowest BCUT2D eigenvalue weighted by Crippen LogP contribution is -2.49. The van der Waals surface area contributed by atoms with E-state index in [0.29, 0.717) is 12.1 Å². The Morgan fingerprint density at radius 2 is 1.92 bits per heavy atom. The van der Waals surface area contributed by atoms with Crippen molar-refractivity contribution in [1.82, 2.24) is 10.0 Å². The Hall–Kier alpha value is -1.15. The van der Waals surface area contributed by atoms with Gasteiger partial charge < -0.3 is 11.1 Å². The molecular weight excluding hydrogens is 350 g/mol. The van der Waals surface area contributed by atoms with Crippen LogP contribution in [0.25, 0.3) is 0 Å². The van der Waals surface area contributed by atoms with Crippen LogP contribution in [0.5, 0.6) is 0 Å². The van der Waals surface area contributed by atoms with Gasteiger partial charge in [-0.2, -0.15) is 0 Å². The number of hydrogen-bond acceptors (Lipinski definition) is 4. The summed E-state index contributed by atoms with van der Waals surface area (Å²) in [6.07, 6.45) is 3.24. The Bertz CT molecular complexity index is 671. The molecule has 1 amide bonds. The van der Waals surface area contributed by atoms with E-state index in [1.807, 2.05) is 13.8 Å². The van der Waals surface area contributed by atoms with Crippen molar-refractivity contribution in [1.29, 1.82) is 0 Å². The Balaban J connectivity index is 0.00000288. The highest BCUT2D eigenvalue weighted by Gasteiger charge is 2.28. The highest BCUT2D eigenvalue weighted by molar-refractivity contribution is 7.89. The quantitative estimate of drug-likeness (QED) is 0.644. The predicted octanol–water partition coefficient (Wildman–Crippen LogP) is 1.80. The summed E-state index contributed by atoms with van der Waals surface area (Å²) < 4.78 is 27.0. The molecule has 24 heavy (non-hydrogen) atoms. The zero-order chi connectivity index (χ0) is 17.1. The van der Waals surface area contributed by atoms with E-state index in [4.69, 9.17) is 5.73 Å². The lowest BCUT2D eigenvalue weighted by Gasteiger charge is -2.26. The van der Waals surface area contributed by atoms with Crippen LogP contribution in [0.4, 0.5) is 0 Å². The van der Waals surface area contributed by atoms with Crippen molar-refractivity contribution < 1.29 is 13.2 Å². The monoisotopic (exact) mass is 375 g/mol. The molecule has 1 aliphatic rings. The molecule has 0 spiro atoms. The molecule has 1 saturated carbocycles. The van der Waals surface area contributed by atoms with E-state index in [1.165, 1.54) is 12.1 Å². The molecule has 1 aromatic carbocycles. The molecule has 1 fully saturated rings. The zero-order valence-electron chi connectivity index (χ0n) is 14.0. The van der Waals surface area contributed by atoms with E-state index in [1.54, 1.807) is 12.1 Å². The summed E-state index contributed by atoms with van der Waals surface area (Å²) in [6.45, 7) is 4.31. The van der Waals surface area contributed by atoms with Gasteiger partial charge in [-0.05, 0) is 43.9 Å². The number of benzene rings is 1. The molecule has 8 heteroatoms. The van der Waals surface area contributed by atoms with Gasteiger partial charge in [0.1, 0.15) is 0 Å². The molecule has 0 saturated heterocycles. The lowest BCUT2D eigenvalue weighted by atomic mass is 9.94. The molecular formula is C16H26ClN3O3S. The fourth-order valence-corrected chi connectivity index (χ4v) is 3.50. The van der Waals surface area contributed by atoms with Crippen molar-refractivity contribution in [2.45, 2.75) is 56.0 Å². The van der Waals surface area contributed by atoms with Gasteiger partial charge in [-0.3, -0.25) is 4.79 Å². The summed E-state index contributed by atoms with van der Waals surface area (Å²) in [5.41, 5.74) is 6.04. The second kappa shape index (κ2) is 8.29. The molecule has 1 aromatic rings. The van der Waals surface area contributed by atoms with E-state index < -0.39 is 15.6 Å². The minimum absolute atomic E-state index is 0. The first-order valence-electron chi connectivity index (χ1n) is 7.99. The van der Waals surface area contributed by atoms with Crippen LogP contribution in [0.15, 0.2) is 29.2 Å². The number of carbonyl (C=O) groups is 1. The summed E-state index contributed by atoms with van der Waals surface area (Å²) in [7, 11) is -3.56. The minimum atomic E-state index is -3.56. The minimum Gasteiger partial charge on any atom is -0.350 e. The van der Waals surface area contributed by atoms with Crippen LogP contribution in [-0.4, -0.2) is 32.5 Å². The van der Waals surface area contributed by atoms with E-state index in [-0.39, 0.29) is 29.3 Å². The van der Waals surface area contributed by atoms with E-state index in [9.17, 15) is 13.2 Å². The van der Waals surface area contributed by atoms with Crippen LogP contribution in [0.1, 0.15) is 49.9 Å². The topological polar surface area (TPSA) is 101 Å². The van der Waals surface area contributed by atoms with Gasteiger partial charge in [0.05, 0.1) is 4.90 Å². The number of amides is 1. The summed E-state index contributed by atoms with van der Waals surface area (Å²) >= 11 is 0. The Morgan fingerprint density at radius 3 is 2.46 bits per heavy atom. The van der Waals surface area contributed by atoms with Crippen LogP contribution in [0.3, 0.4) is 0 Å². The smallest absolute Gasteiger partial charge is 0.251 e. The molecule has 0 aliphatic heterocycles. The molecule has 0 atom stereocenters. The number of rotatable bonds is 8. The average Bonchev–Trinajstić information content (AvgIpc) is 3.35. The van der Waals surface area contributed by atoms with Crippen LogP contribution >= 0.6 is 12.4 Å². The van der Waals surface area contributed by atoms with Crippen LogP contribution in [-0.2, 0) is 10.0 Å². The van der Waals surface area contributed by atoms with Gasteiger partial charge in [-0.15, -0.1) is 12.4 Å². The van der Waals surface area contributed by atoms with Gasteiger partial charge >= 0.3 is 0 Å². The second-order valence-corrected chi connectivity index (χ2v) is 7.89. The Morgan fingerprint density at radius 1 is 1.29 bits per heavy atom. The molecule has 0 unspecified atom stereocenters. The van der Waals surface area contributed by atoms with E-state index in [0.717, 1.165) is 25.7 Å². The van der Waals surface area contributed by atoms with Gasteiger partial charge in [0.15, 0.2) is 0 Å². The normalized spacial score (nSPS) is 14.8. The maximum absolute atomic E-state index is 12.3. The van der Waals surface area contributed by atoms with Gasteiger partial charge in [0.25, 0.3) is 5.91 Å². The number of nitrogens with one attached hydrogen (secondary N) is 2. The molecule has 2 rings (SSSR count). The lowest BCUT2D eigenvalue weighted by molar-refractivity contribution is 0.0942. The summed E-state index contributed by atoms with van der Waals surface area (Å²) in [6, 6.07) is 6.10. The maximum atomic E-state index is 12.3. The zero-order valence-corrected chi connectivity index (χ0v) is 15.7. The average molecular weight is 376 g/mol. The van der Waals surface area contributed by atoms with Crippen molar-refractivity contribution >= 4 is 28.3 Å². The molecule has 6 nitrogen and oxygen atoms in total. The highest BCUT2D eigenvalue weighted by Crippen LogP contribution is 2.22. The van der Waals surface area contributed by atoms with Gasteiger partial charge in [0, 0.05) is 23.7 Å². The van der Waals surface area contributed by atoms with Crippen molar-refractivity contribution in [3.63, 3.8) is 0 Å². The fourth-order valence-electron chi connectivity index (χ4n) is 2.15. The molecule has 1 aliphatic carbocycles. The number of nitrogens with two attached hydrogens (primary N) is 1. The van der Waals surface area contributed by atoms with Gasteiger partial charge in [-0.25, -0.2) is 13.1 Å². The third kappa shape index (κ3) is 5.44.